The molecule has 0 bridgehead atoms. The van der Waals surface area contributed by atoms with Gasteiger partial charge in [0.1, 0.15) is 0 Å². The van der Waals surface area contributed by atoms with E-state index in [0.29, 0.717) is 10.9 Å². The van der Waals surface area contributed by atoms with Gasteiger partial charge in [-0.1, -0.05) is 49.4 Å². The van der Waals surface area contributed by atoms with E-state index < -0.39 is 0 Å². The molecule has 1 atom stereocenters. The lowest BCUT2D eigenvalue weighted by molar-refractivity contribution is 0.219. The Morgan fingerprint density at radius 1 is 1.26 bits per heavy atom. The molecule has 0 amide bonds. The molecule has 1 aliphatic rings. The summed E-state index contributed by atoms with van der Waals surface area (Å²) in [7, 11) is 0. The molecule has 1 aromatic carbocycles. The first-order chi connectivity index (χ1) is 9.15. The van der Waals surface area contributed by atoms with Gasteiger partial charge in [0.15, 0.2) is 0 Å². The highest BCUT2D eigenvalue weighted by molar-refractivity contribution is 6.33. The molecule has 0 aromatic heterocycles. The summed E-state index contributed by atoms with van der Waals surface area (Å²) in [6.07, 6.45) is 6.27. The number of nitrogens with one attached hydrogen (secondary N) is 1. The number of nitrogens with two attached hydrogens (primary N) is 1. The molecule has 19 heavy (non-hydrogen) atoms. The molecule has 0 aliphatic heterocycles. The van der Waals surface area contributed by atoms with Gasteiger partial charge in [-0.25, -0.2) is 0 Å². The van der Waals surface area contributed by atoms with Gasteiger partial charge in [0, 0.05) is 10.0 Å². The second-order valence-electron chi connectivity index (χ2n) is 5.50. The second-order valence-corrected chi connectivity index (χ2v) is 6.34. The molecule has 1 fully saturated rings. The van der Waals surface area contributed by atoms with Gasteiger partial charge < -0.3 is 0 Å². The SMILES string of the molecule is CCC1CCC(C(NN)c2cc(Cl)ccc2Cl)CC1. The molecule has 0 heterocycles. The minimum atomic E-state index is 0.101. The van der Waals surface area contributed by atoms with E-state index in [9.17, 15) is 0 Å². The van der Waals surface area contributed by atoms with Crippen molar-refractivity contribution in [3.05, 3.63) is 33.8 Å². The van der Waals surface area contributed by atoms with E-state index in [1.165, 1.54) is 32.1 Å². The summed E-state index contributed by atoms with van der Waals surface area (Å²) >= 11 is 12.4. The van der Waals surface area contributed by atoms with Crippen LogP contribution in [0.15, 0.2) is 18.2 Å². The molecule has 2 nitrogen and oxygen atoms in total. The highest BCUT2D eigenvalue weighted by Crippen LogP contribution is 2.39. The predicted octanol–water partition coefficient (Wildman–Crippen LogP) is 4.71. The topological polar surface area (TPSA) is 38.0 Å². The van der Waals surface area contributed by atoms with E-state index in [1.807, 2.05) is 18.2 Å². The number of rotatable bonds is 4. The van der Waals surface area contributed by atoms with Crippen LogP contribution in [0.4, 0.5) is 0 Å². The summed E-state index contributed by atoms with van der Waals surface area (Å²) in [4.78, 5) is 0. The van der Waals surface area contributed by atoms with Gasteiger partial charge in [0.25, 0.3) is 0 Å². The molecule has 1 unspecified atom stereocenters. The third-order valence-electron chi connectivity index (χ3n) is 4.41. The molecule has 0 saturated heterocycles. The first-order valence-corrected chi connectivity index (χ1v) is 7.82. The van der Waals surface area contributed by atoms with Crippen LogP contribution < -0.4 is 11.3 Å². The Kier molecular flexibility index (Phi) is 5.52. The number of benzene rings is 1. The molecule has 4 heteroatoms. The molecular formula is C15H22Cl2N2. The van der Waals surface area contributed by atoms with E-state index in [0.717, 1.165) is 16.5 Å². The van der Waals surface area contributed by atoms with E-state index in [-0.39, 0.29) is 6.04 Å². The minimum absolute atomic E-state index is 0.101. The van der Waals surface area contributed by atoms with Crippen LogP contribution in [0.1, 0.15) is 50.6 Å². The number of hydrogen-bond acceptors (Lipinski definition) is 2. The average Bonchev–Trinajstić information content (AvgIpc) is 2.44. The smallest absolute Gasteiger partial charge is 0.0503 e. The van der Waals surface area contributed by atoms with Crippen molar-refractivity contribution in [2.24, 2.45) is 17.7 Å². The summed E-state index contributed by atoms with van der Waals surface area (Å²) in [6.45, 7) is 2.28. The molecule has 3 N–H and O–H groups in total. The normalized spacial score (nSPS) is 25.3. The monoisotopic (exact) mass is 300 g/mol. The van der Waals surface area contributed by atoms with Crippen LogP contribution in [0.25, 0.3) is 0 Å². The van der Waals surface area contributed by atoms with Crippen molar-refractivity contribution >= 4 is 23.2 Å². The maximum absolute atomic E-state index is 6.29. The van der Waals surface area contributed by atoms with Crippen LogP contribution >= 0.6 is 23.2 Å². The zero-order valence-electron chi connectivity index (χ0n) is 11.3. The zero-order chi connectivity index (χ0) is 13.8. The highest BCUT2D eigenvalue weighted by Gasteiger charge is 2.28. The van der Waals surface area contributed by atoms with Gasteiger partial charge in [-0.15, -0.1) is 0 Å². The first-order valence-electron chi connectivity index (χ1n) is 7.06. The minimum Gasteiger partial charge on any atom is -0.271 e. The van der Waals surface area contributed by atoms with Gasteiger partial charge in [-0.3, -0.25) is 11.3 Å². The Balaban J connectivity index is 2.14. The van der Waals surface area contributed by atoms with Crippen LogP contribution in [0, 0.1) is 11.8 Å². The second kappa shape index (κ2) is 6.94. The van der Waals surface area contributed by atoms with Crippen molar-refractivity contribution < 1.29 is 0 Å². The number of hydrazine groups is 1. The van der Waals surface area contributed by atoms with Gasteiger partial charge in [-0.2, -0.15) is 0 Å². The maximum atomic E-state index is 6.29. The number of hydrogen-bond donors (Lipinski definition) is 2. The van der Waals surface area contributed by atoms with Crippen LogP contribution in [0.2, 0.25) is 10.0 Å². The van der Waals surface area contributed by atoms with E-state index in [2.05, 4.69) is 12.3 Å². The third kappa shape index (κ3) is 3.63. The molecule has 1 saturated carbocycles. The van der Waals surface area contributed by atoms with Gasteiger partial charge >= 0.3 is 0 Å². The van der Waals surface area contributed by atoms with Gasteiger partial charge in [-0.05, 0) is 48.4 Å². The Hall–Kier alpha value is -0.280. The standard InChI is InChI=1S/C15H22Cl2N2/c1-2-10-3-5-11(6-4-10)15(19-18)13-9-12(16)7-8-14(13)17/h7-11,15,19H,2-6,18H2,1H3. The fourth-order valence-electron chi connectivity index (χ4n) is 3.16. The lowest BCUT2D eigenvalue weighted by atomic mass is 9.76. The van der Waals surface area contributed by atoms with E-state index in [4.69, 9.17) is 29.0 Å². The first kappa shape index (κ1) is 15.1. The quantitative estimate of drug-likeness (QED) is 0.624. The largest absolute Gasteiger partial charge is 0.271 e. The van der Waals surface area contributed by atoms with Crippen molar-refractivity contribution in [3.8, 4) is 0 Å². The Morgan fingerprint density at radius 3 is 2.53 bits per heavy atom. The predicted molar refractivity (Wildman–Crippen MR) is 82.3 cm³/mol. The van der Waals surface area contributed by atoms with Crippen LogP contribution in [0.3, 0.4) is 0 Å². The molecule has 0 spiro atoms. The van der Waals surface area contributed by atoms with Crippen LogP contribution in [-0.2, 0) is 0 Å². The van der Waals surface area contributed by atoms with Crippen molar-refractivity contribution in [3.63, 3.8) is 0 Å². The lowest BCUT2D eigenvalue weighted by Gasteiger charge is -2.34. The van der Waals surface area contributed by atoms with E-state index >= 15 is 0 Å². The molecule has 2 rings (SSSR count). The Morgan fingerprint density at radius 2 is 1.95 bits per heavy atom. The molecule has 1 aliphatic carbocycles. The molecule has 1 aromatic rings. The van der Waals surface area contributed by atoms with Crippen LogP contribution in [-0.4, -0.2) is 0 Å². The fraction of sp³-hybridized carbons (Fsp3) is 0.600. The zero-order valence-corrected chi connectivity index (χ0v) is 12.8. The summed E-state index contributed by atoms with van der Waals surface area (Å²) in [5, 5.41) is 1.45. The van der Waals surface area contributed by atoms with E-state index in [1.54, 1.807) is 0 Å². The summed E-state index contributed by atoms with van der Waals surface area (Å²) in [5.41, 5.74) is 3.97. The van der Waals surface area contributed by atoms with Crippen molar-refractivity contribution in [1.29, 1.82) is 0 Å². The Labute approximate surface area is 125 Å². The number of halogens is 2. The Bertz CT molecular complexity index is 415. The van der Waals surface area contributed by atoms with Gasteiger partial charge in [0.05, 0.1) is 6.04 Å². The van der Waals surface area contributed by atoms with Crippen molar-refractivity contribution in [1.82, 2.24) is 5.43 Å². The highest BCUT2D eigenvalue weighted by atomic mass is 35.5. The van der Waals surface area contributed by atoms with Crippen molar-refractivity contribution in [2.75, 3.05) is 0 Å². The maximum Gasteiger partial charge on any atom is 0.0503 e. The van der Waals surface area contributed by atoms with Crippen LogP contribution in [0.5, 0.6) is 0 Å². The summed E-state index contributed by atoms with van der Waals surface area (Å²) < 4.78 is 0. The fourth-order valence-corrected chi connectivity index (χ4v) is 3.58. The summed E-state index contributed by atoms with van der Waals surface area (Å²) in [5.74, 6) is 7.19. The van der Waals surface area contributed by atoms with Crippen molar-refractivity contribution in [2.45, 2.75) is 45.1 Å². The molecule has 0 radical (unpaired) electrons. The third-order valence-corrected chi connectivity index (χ3v) is 4.99. The summed E-state index contributed by atoms with van der Waals surface area (Å²) in [6, 6.07) is 5.69. The lowest BCUT2D eigenvalue weighted by Crippen LogP contribution is -2.35. The van der Waals surface area contributed by atoms with Gasteiger partial charge in [0.2, 0.25) is 0 Å². The molecule has 106 valence electrons. The average molecular weight is 301 g/mol. The molecular weight excluding hydrogens is 279 g/mol.